The monoisotopic (exact) mass is 326 g/mol. The molecule has 0 saturated heterocycles. The molecule has 0 aliphatic heterocycles. The number of rotatable bonds is 4. The van der Waals surface area contributed by atoms with Gasteiger partial charge in [0.05, 0.1) is 18.2 Å². The fourth-order valence-electron chi connectivity index (χ4n) is 2.32. The Hall–Kier alpha value is -2.59. The highest BCUT2D eigenvalue weighted by atomic mass is 35.5. The summed E-state index contributed by atoms with van der Waals surface area (Å²) >= 11 is 6.20. The number of benzene rings is 2. The number of nitrogens with zero attached hydrogens (tertiary/aromatic N) is 2. The quantitative estimate of drug-likeness (QED) is 0.239. The Balaban J connectivity index is 1.93. The molecular weight excluding hydrogens is 312 g/mol. The minimum absolute atomic E-state index is 0.262. The number of ether oxygens (including phenoxy) is 1. The van der Waals surface area contributed by atoms with E-state index in [1.165, 1.54) is 6.21 Å². The first-order valence-electron chi connectivity index (χ1n) is 7.12. The first kappa shape index (κ1) is 15.3. The van der Waals surface area contributed by atoms with Crippen molar-refractivity contribution in [2.45, 2.75) is 6.54 Å². The van der Waals surface area contributed by atoms with E-state index in [9.17, 15) is 5.21 Å². The number of fused-ring (bicyclic) bond motifs is 1. The zero-order chi connectivity index (χ0) is 16.2. The van der Waals surface area contributed by atoms with Crippen LogP contribution in [0.1, 0.15) is 11.1 Å². The lowest BCUT2D eigenvalue weighted by Gasteiger charge is -2.06. The number of methoxy groups -OCH3 is 1. The summed E-state index contributed by atoms with van der Waals surface area (Å²) in [6.07, 6.45) is 1.46. The van der Waals surface area contributed by atoms with E-state index in [4.69, 9.17) is 16.3 Å². The van der Waals surface area contributed by atoms with Crippen molar-refractivity contribution in [2.75, 3.05) is 7.11 Å². The number of hydrogen-bond donors (Lipinski definition) is 0. The van der Waals surface area contributed by atoms with Crippen molar-refractivity contribution in [3.63, 3.8) is 0 Å². The standard InChI is InChI=1S/C18H15ClN2O2/c1-23-16-8-7-14-9-15(18(19)20-17(14)10-16)12-21(22)11-13-5-3-2-4-6-13/h2-10,12H,11H2,1H3. The van der Waals surface area contributed by atoms with E-state index in [1.807, 2.05) is 54.6 Å². The largest absolute Gasteiger partial charge is 0.624 e. The van der Waals surface area contributed by atoms with Crippen LogP contribution in [0, 0.1) is 5.21 Å². The Labute approximate surface area is 139 Å². The molecule has 1 aromatic heterocycles. The van der Waals surface area contributed by atoms with E-state index >= 15 is 0 Å². The maximum absolute atomic E-state index is 12.1. The van der Waals surface area contributed by atoms with Gasteiger partial charge >= 0.3 is 0 Å². The zero-order valence-electron chi connectivity index (χ0n) is 12.6. The molecule has 5 heteroatoms. The molecule has 0 unspecified atom stereocenters. The molecular formula is C18H15ClN2O2. The molecule has 0 spiro atoms. The van der Waals surface area contributed by atoms with Crippen molar-refractivity contribution in [3.8, 4) is 5.75 Å². The van der Waals surface area contributed by atoms with Crippen LogP contribution in [0.3, 0.4) is 0 Å². The van der Waals surface area contributed by atoms with Crippen LogP contribution in [-0.4, -0.2) is 23.0 Å². The summed E-state index contributed by atoms with van der Waals surface area (Å²) in [6.45, 7) is 0.262. The van der Waals surface area contributed by atoms with Gasteiger partial charge in [0, 0.05) is 17.0 Å². The Kier molecular flexibility index (Phi) is 4.44. The van der Waals surface area contributed by atoms with Crippen LogP contribution in [-0.2, 0) is 6.54 Å². The predicted molar refractivity (Wildman–Crippen MR) is 92.2 cm³/mol. The van der Waals surface area contributed by atoms with E-state index in [0.29, 0.717) is 16.5 Å². The zero-order valence-corrected chi connectivity index (χ0v) is 13.3. The minimum atomic E-state index is 0.262. The van der Waals surface area contributed by atoms with Gasteiger partial charge in [-0.15, -0.1) is 0 Å². The van der Waals surface area contributed by atoms with Crippen molar-refractivity contribution in [1.82, 2.24) is 4.98 Å². The Morgan fingerprint density at radius 2 is 1.96 bits per heavy atom. The molecule has 0 aliphatic rings. The summed E-state index contributed by atoms with van der Waals surface area (Å²) in [5.41, 5.74) is 2.26. The summed E-state index contributed by atoms with van der Waals surface area (Å²) in [6, 6.07) is 16.9. The van der Waals surface area contributed by atoms with E-state index < -0.39 is 0 Å². The smallest absolute Gasteiger partial charge is 0.185 e. The van der Waals surface area contributed by atoms with Crippen LogP contribution in [0.4, 0.5) is 0 Å². The fourth-order valence-corrected chi connectivity index (χ4v) is 2.52. The summed E-state index contributed by atoms with van der Waals surface area (Å²) in [5, 5.41) is 13.3. The van der Waals surface area contributed by atoms with Gasteiger partial charge < -0.3 is 9.94 Å². The van der Waals surface area contributed by atoms with Crippen LogP contribution in [0.15, 0.2) is 54.6 Å². The first-order valence-corrected chi connectivity index (χ1v) is 7.50. The predicted octanol–water partition coefficient (Wildman–Crippen LogP) is 4.03. The van der Waals surface area contributed by atoms with Crippen molar-refractivity contribution in [3.05, 3.63) is 76.1 Å². The van der Waals surface area contributed by atoms with Gasteiger partial charge in [-0.3, -0.25) is 0 Å². The Bertz CT molecular complexity index is 864. The molecule has 116 valence electrons. The van der Waals surface area contributed by atoms with E-state index in [2.05, 4.69) is 4.98 Å². The number of aromatic nitrogens is 1. The minimum Gasteiger partial charge on any atom is -0.624 e. The molecule has 23 heavy (non-hydrogen) atoms. The average molecular weight is 327 g/mol. The lowest BCUT2D eigenvalue weighted by atomic mass is 10.1. The van der Waals surface area contributed by atoms with Gasteiger partial charge in [-0.25, -0.2) is 9.72 Å². The van der Waals surface area contributed by atoms with Crippen molar-refractivity contribution < 1.29 is 9.48 Å². The third-order valence-corrected chi connectivity index (χ3v) is 3.77. The van der Waals surface area contributed by atoms with E-state index in [-0.39, 0.29) is 6.54 Å². The molecule has 0 fully saturated rings. The van der Waals surface area contributed by atoms with Gasteiger partial charge in [0.1, 0.15) is 10.9 Å². The molecule has 2 aromatic carbocycles. The van der Waals surface area contributed by atoms with Crippen molar-refractivity contribution in [2.24, 2.45) is 0 Å². The molecule has 1 heterocycles. The summed E-state index contributed by atoms with van der Waals surface area (Å²) in [7, 11) is 1.60. The second-order valence-corrected chi connectivity index (χ2v) is 5.47. The summed E-state index contributed by atoms with van der Waals surface area (Å²) < 4.78 is 6.03. The van der Waals surface area contributed by atoms with Crippen LogP contribution in [0.25, 0.3) is 10.9 Å². The second kappa shape index (κ2) is 6.67. The molecule has 0 radical (unpaired) electrons. The topological polar surface area (TPSA) is 48.2 Å². The normalized spacial score (nSPS) is 11.7. The van der Waals surface area contributed by atoms with Gasteiger partial charge in [0.15, 0.2) is 12.8 Å². The maximum atomic E-state index is 12.1. The number of pyridine rings is 1. The van der Waals surface area contributed by atoms with E-state index in [1.54, 1.807) is 7.11 Å². The molecule has 3 aromatic rings. The third kappa shape index (κ3) is 3.60. The van der Waals surface area contributed by atoms with Crippen LogP contribution >= 0.6 is 11.6 Å². The van der Waals surface area contributed by atoms with Gasteiger partial charge in [-0.2, -0.15) is 0 Å². The molecule has 0 amide bonds. The van der Waals surface area contributed by atoms with Crippen LogP contribution in [0.2, 0.25) is 5.15 Å². The molecule has 3 rings (SSSR count). The molecule has 0 aliphatic carbocycles. The lowest BCUT2D eigenvalue weighted by Crippen LogP contribution is -2.06. The fraction of sp³-hybridized carbons (Fsp3) is 0.111. The number of hydrogen-bond acceptors (Lipinski definition) is 3. The first-order chi connectivity index (χ1) is 11.2. The number of halogens is 1. The maximum Gasteiger partial charge on any atom is 0.185 e. The highest BCUT2D eigenvalue weighted by Crippen LogP contribution is 2.23. The molecule has 0 N–H and O–H groups in total. The summed E-state index contributed by atoms with van der Waals surface area (Å²) in [5.74, 6) is 0.715. The number of hydroxylamine groups is 1. The van der Waals surface area contributed by atoms with Crippen molar-refractivity contribution >= 4 is 28.7 Å². The Morgan fingerprint density at radius 1 is 1.17 bits per heavy atom. The highest BCUT2D eigenvalue weighted by Gasteiger charge is 2.08. The Morgan fingerprint density at radius 3 is 2.70 bits per heavy atom. The molecule has 0 bridgehead atoms. The average Bonchev–Trinajstić information content (AvgIpc) is 2.56. The summed E-state index contributed by atoms with van der Waals surface area (Å²) in [4.78, 5) is 4.33. The SMILES string of the molecule is COc1ccc2cc(C=[N+]([O-])Cc3ccccc3)c(Cl)nc2c1. The van der Waals surface area contributed by atoms with Crippen LogP contribution < -0.4 is 4.74 Å². The molecule has 0 saturated carbocycles. The van der Waals surface area contributed by atoms with Gasteiger partial charge in [-0.1, -0.05) is 41.9 Å². The van der Waals surface area contributed by atoms with Crippen molar-refractivity contribution in [1.29, 1.82) is 0 Å². The molecule has 4 nitrogen and oxygen atoms in total. The second-order valence-electron chi connectivity index (χ2n) is 5.12. The van der Waals surface area contributed by atoms with Gasteiger partial charge in [0.25, 0.3) is 0 Å². The lowest BCUT2D eigenvalue weighted by molar-refractivity contribution is -0.469. The third-order valence-electron chi connectivity index (χ3n) is 3.47. The highest BCUT2D eigenvalue weighted by molar-refractivity contribution is 6.32. The van der Waals surface area contributed by atoms with Crippen LogP contribution in [0.5, 0.6) is 5.75 Å². The molecule has 0 atom stereocenters. The van der Waals surface area contributed by atoms with E-state index in [0.717, 1.165) is 21.2 Å². The van der Waals surface area contributed by atoms with Gasteiger partial charge in [0.2, 0.25) is 0 Å². The van der Waals surface area contributed by atoms with Gasteiger partial charge in [-0.05, 0) is 18.2 Å².